The summed E-state index contributed by atoms with van der Waals surface area (Å²) in [5, 5.41) is 12.5. The van der Waals surface area contributed by atoms with Crippen molar-refractivity contribution < 1.29 is 19.4 Å². The zero-order valence-corrected chi connectivity index (χ0v) is 13.8. The van der Waals surface area contributed by atoms with Crippen molar-refractivity contribution in [2.45, 2.75) is 20.0 Å². The molecule has 6 heteroatoms. The first-order chi connectivity index (χ1) is 10.5. The number of likely N-dealkylation sites (N-methyl/N-ethyl adjacent to an activating group) is 1. The molecule has 1 aromatic carbocycles. The molecule has 0 aliphatic heterocycles. The molecule has 0 heterocycles. The van der Waals surface area contributed by atoms with Crippen LogP contribution in [-0.4, -0.2) is 62.4 Å². The second kappa shape index (κ2) is 9.27. The first-order valence-electron chi connectivity index (χ1n) is 7.48. The van der Waals surface area contributed by atoms with Gasteiger partial charge in [-0.2, -0.15) is 0 Å². The molecule has 124 valence electrons. The highest BCUT2D eigenvalue weighted by Gasteiger charge is 2.13. The summed E-state index contributed by atoms with van der Waals surface area (Å²) in [6, 6.07) is 5.06. The van der Waals surface area contributed by atoms with Gasteiger partial charge in [0.05, 0.1) is 19.3 Å². The monoisotopic (exact) mass is 310 g/mol. The summed E-state index contributed by atoms with van der Waals surface area (Å²) in [6.07, 6.45) is -0.604. The van der Waals surface area contributed by atoms with Crippen LogP contribution in [0.4, 0.5) is 0 Å². The standard InChI is InChI=1S/C16H26N2O4/c1-5-21-14-8-7-12(9-15(14)22-6-2)16(20)17-10-13(19)11-18(3)4/h7-9,13,19H,5-6,10-11H2,1-4H3,(H,17,20). The van der Waals surface area contributed by atoms with Gasteiger partial charge in [-0.25, -0.2) is 0 Å². The van der Waals surface area contributed by atoms with Crippen molar-refractivity contribution in [3.05, 3.63) is 23.8 Å². The molecule has 1 unspecified atom stereocenters. The Morgan fingerprint density at radius 1 is 1.23 bits per heavy atom. The van der Waals surface area contributed by atoms with Gasteiger partial charge in [-0.05, 0) is 46.1 Å². The van der Waals surface area contributed by atoms with Crippen LogP contribution in [0.15, 0.2) is 18.2 Å². The van der Waals surface area contributed by atoms with Crippen LogP contribution in [0.2, 0.25) is 0 Å². The van der Waals surface area contributed by atoms with E-state index < -0.39 is 6.10 Å². The lowest BCUT2D eigenvalue weighted by Crippen LogP contribution is -2.37. The Balaban J connectivity index is 2.70. The molecule has 1 aromatic rings. The fraction of sp³-hybridized carbons (Fsp3) is 0.562. The van der Waals surface area contributed by atoms with Crippen molar-refractivity contribution in [3.63, 3.8) is 0 Å². The number of hydrogen-bond donors (Lipinski definition) is 2. The number of amides is 1. The smallest absolute Gasteiger partial charge is 0.251 e. The SMILES string of the molecule is CCOc1ccc(C(=O)NCC(O)CN(C)C)cc1OCC. The third-order valence-corrected chi connectivity index (χ3v) is 2.88. The maximum atomic E-state index is 12.1. The predicted molar refractivity (Wildman–Crippen MR) is 85.7 cm³/mol. The molecular formula is C16H26N2O4. The van der Waals surface area contributed by atoms with Gasteiger partial charge in [0.15, 0.2) is 11.5 Å². The summed E-state index contributed by atoms with van der Waals surface area (Å²) in [6.45, 7) is 5.49. The largest absolute Gasteiger partial charge is 0.490 e. The molecule has 0 fully saturated rings. The average Bonchev–Trinajstić information content (AvgIpc) is 2.46. The average molecular weight is 310 g/mol. The molecular weight excluding hydrogens is 284 g/mol. The Bertz CT molecular complexity index is 477. The number of carbonyl (C=O) groups excluding carboxylic acids is 1. The lowest BCUT2D eigenvalue weighted by Gasteiger charge is -2.17. The molecule has 0 aliphatic carbocycles. The van der Waals surface area contributed by atoms with E-state index >= 15 is 0 Å². The number of nitrogens with one attached hydrogen (secondary N) is 1. The van der Waals surface area contributed by atoms with Crippen LogP contribution in [0, 0.1) is 0 Å². The van der Waals surface area contributed by atoms with E-state index in [4.69, 9.17) is 9.47 Å². The molecule has 1 rings (SSSR count). The van der Waals surface area contributed by atoms with Gasteiger partial charge in [0.1, 0.15) is 0 Å². The van der Waals surface area contributed by atoms with Gasteiger partial charge in [-0.3, -0.25) is 4.79 Å². The van der Waals surface area contributed by atoms with E-state index in [1.807, 2.05) is 32.8 Å². The molecule has 22 heavy (non-hydrogen) atoms. The number of rotatable bonds is 9. The van der Waals surface area contributed by atoms with E-state index in [9.17, 15) is 9.90 Å². The van der Waals surface area contributed by atoms with Gasteiger partial charge in [-0.15, -0.1) is 0 Å². The Kier molecular flexibility index (Phi) is 7.70. The first-order valence-corrected chi connectivity index (χ1v) is 7.48. The van der Waals surface area contributed by atoms with Crippen LogP contribution in [0.1, 0.15) is 24.2 Å². The second-order valence-electron chi connectivity index (χ2n) is 5.15. The molecule has 2 N–H and O–H groups in total. The summed E-state index contributed by atoms with van der Waals surface area (Å²) in [5.74, 6) is 0.918. The molecule has 0 radical (unpaired) electrons. The number of benzene rings is 1. The van der Waals surface area contributed by atoms with E-state index in [1.165, 1.54) is 0 Å². The van der Waals surface area contributed by atoms with Crippen LogP contribution in [-0.2, 0) is 0 Å². The quantitative estimate of drug-likeness (QED) is 0.715. The van der Waals surface area contributed by atoms with E-state index in [-0.39, 0.29) is 12.5 Å². The lowest BCUT2D eigenvalue weighted by molar-refractivity contribution is 0.0892. The van der Waals surface area contributed by atoms with Gasteiger partial charge in [-0.1, -0.05) is 0 Å². The number of carbonyl (C=O) groups is 1. The Hall–Kier alpha value is -1.79. The molecule has 0 saturated heterocycles. The molecule has 0 bridgehead atoms. The lowest BCUT2D eigenvalue weighted by atomic mass is 10.2. The van der Waals surface area contributed by atoms with E-state index in [0.717, 1.165) is 0 Å². The highest BCUT2D eigenvalue weighted by Crippen LogP contribution is 2.28. The summed E-state index contributed by atoms with van der Waals surface area (Å²) >= 11 is 0. The Morgan fingerprint density at radius 2 is 1.86 bits per heavy atom. The number of nitrogens with zero attached hydrogens (tertiary/aromatic N) is 1. The minimum absolute atomic E-state index is 0.203. The molecule has 0 saturated carbocycles. The number of aliphatic hydroxyl groups is 1. The van der Waals surface area contributed by atoms with E-state index in [0.29, 0.717) is 36.8 Å². The number of hydrogen-bond acceptors (Lipinski definition) is 5. The summed E-state index contributed by atoms with van der Waals surface area (Å²) in [5.41, 5.74) is 0.476. The third kappa shape index (κ3) is 5.91. The molecule has 0 aliphatic rings. The first kappa shape index (κ1) is 18.3. The van der Waals surface area contributed by atoms with Gasteiger partial charge in [0, 0.05) is 18.7 Å². The van der Waals surface area contributed by atoms with Crippen molar-refractivity contribution in [1.29, 1.82) is 0 Å². The molecule has 1 atom stereocenters. The van der Waals surface area contributed by atoms with Crippen molar-refractivity contribution >= 4 is 5.91 Å². The second-order valence-corrected chi connectivity index (χ2v) is 5.15. The van der Waals surface area contributed by atoms with Crippen LogP contribution >= 0.6 is 0 Å². The Morgan fingerprint density at radius 3 is 2.45 bits per heavy atom. The summed E-state index contributed by atoms with van der Waals surface area (Å²) < 4.78 is 11.0. The number of aliphatic hydroxyl groups excluding tert-OH is 1. The molecule has 0 aromatic heterocycles. The maximum Gasteiger partial charge on any atom is 0.251 e. The number of ether oxygens (including phenoxy) is 2. The fourth-order valence-corrected chi connectivity index (χ4v) is 1.99. The normalized spacial score (nSPS) is 12.1. The van der Waals surface area contributed by atoms with Crippen LogP contribution in [0.25, 0.3) is 0 Å². The van der Waals surface area contributed by atoms with Crippen LogP contribution in [0.5, 0.6) is 11.5 Å². The fourth-order valence-electron chi connectivity index (χ4n) is 1.99. The topological polar surface area (TPSA) is 71.0 Å². The van der Waals surface area contributed by atoms with Crippen molar-refractivity contribution in [2.24, 2.45) is 0 Å². The minimum atomic E-state index is -0.604. The molecule has 0 spiro atoms. The van der Waals surface area contributed by atoms with Gasteiger partial charge < -0.3 is 24.8 Å². The third-order valence-electron chi connectivity index (χ3n) is 2.88. The van der Waals surface area contributed by atoms with Crippen molar-refractivity contribution in [2.75, 3.05) is 40.4 Å². The van der Waals surface area contributed by atoms with Gasteiger partial charge in [0.2, 0.25) is 0 Å². The van der Waals surface area contributed by atoms with Crippen molar-refractivity contribution in [3.8, 4) is 11.5 Å². The Labute approximate surface area is 132 Å². The van der Waals surface area contributed by atoms with E-state index in [1.54, 1.807) is 18.2 Å². The van der Waals surface area contributed by atoms with Gasteiger partial charge >= 0.3 is 0 Å². The predicted octanol–water partition coefficient (Wildman–Crippen LogP) is 1.14. The summed E-state index contributed by atoms with van der Waals surface area (Å²) in [7, 11) is 3.73. The highest BCUT2D eigenvalue weighted by molar-refractivity contribution is 5.94. The highest BCUT2D eigenvalue weighted by atomic mass is 16.5. The van der Waals surface area contributed by atoms with Gasteiger partial charge in [0.25, 0.3) is 5.91 Å². The summed E-state index contributed by atoms with van der Waals surface area (Å²) in [4.78, 5) is 14.0. The van der Waals surface area contributed by atoms with Crippen molar-refractivity contribution in [1.82, 2.24) is 10.2 Å². The molecule has 6 nitrogen and oxygen atoms in total. The van der Waals surface area contributed by atoms with Crippen LogP contribution < -0.4 is 14.8 Å². The minimum Gasteiger partial charge on any atom is -0.490 e. The maximum absolute atomic E-state index is 12.1. The zero-order chi connectivity index (χ0) is 16.5. The zero-order valence-electron chi connectivity index (χ0n) is 13.8. The van der Waals surface area contributed by atoms with E-state index in [2.05, 4.69) is 5.32 Å². The van der Waals surface area contributed by atoms with Crippen LogP contribution in [0.3, 0.4) is 0 Å². The molecule has 1 amide bonds.